The molecule has 1 atom stereocenters. The third-order valence-corrected chi connectivity index (χ3v) is 4.18. The first-order valence-electron chi connectivity index (χ1n) is 7.51. The summed E-state index contributed by atoms with van der Waals surface area (Å²) >= 11 is 0. The van der Waals surface area contributed by atoms with Gasteiger partial charge < -0.3 is 15.8 Å². The molecule has 3 nitrogen and oxygen atoms in total. The van der Waals surface area contributed by atoms with Crippen LogP contribution in [0.25, 0.3) is 0 Å². The monoisotopic (exact) mass is 272 g/mol. The Bertz CT molecular complexity index is 514. The Morgan fingerprint density at radius 3 is 2.80 bits per heavy atom. The van der Waals surface area contributed by atoms with Gasteiger partial charge in [0, 0.05) is 30.6 Å². The third kappa shape index (κ3) is 2.60. The highest BCUT2D eigenvalue weighted by Crippen LogP contribution is 2.40. The lowest BCUT2D eigenvalue weighted by Gasteiger charge is -2.25. The Morgan fingerprint density at radius 1 is 1.35 bits per heavy atom. The predicted octanol–water partition coefficient (Wildman–Crippen LogP) is 2.71. The van der Waals surface area contributed by atoms with Crippen LogP contribution < -0.4 is 15.8 Å². The molecule has 1 aromatic rings. The van der Waals surface area contributed by atoms with Gasteiger partial charge in [0.1, 0.15) is 11.4 Å². The molecule has 1 aliphatic heterocycles. The molecule has 1 heterocycles. The Morgan fingerprint density at radius 2 is 2.10 bits per heavy atom. The molecule has 2 aliphatic rings. The summed E-state index contributed by atoms with van der Waals surface area (Å²) in [5.41, 5.74) is 8.42. The molecule has 0 saturated carbocycles. The van der Waals surface area contributed by atoms with Crippen LogP contribution in [0.5, 0.6) is 5.75 Å². The number of ether oxygens (including phenoxy) is 1. The van der Waals surface area contributed by atoms with Crippen molar-refractivity contribution in [2.45, 2.75) is 50.8 Å². The molecule has 0 aromatic heterocycles. The molecule has 1 aliphatic carbocycles. The van der Waals surface area contributed by atoms with Gasteiger partial charge in [-0.2, -0.15) is 0 Å². The Kier molecular flexibility index (Phi) is 3.57. The number of rotatable bonds is 4. The maximum Gasteiger partial charge on any atom is 0.128 e. The second kappa shape index (κ2) is 5.23. The molecule has 0 bridgehead atoms. The minimum Gasteiger partial charge on any atom is -0.487 e. The van der Waals surface area contributed by atoms with E-state index in [4.69, 9.17) is 10.5 Å². The van der Waals surface area contributed by atoms with E-state index in [9.17, 15) is 0 Å². The molecule has 0 radical (unpaired) electrons. The van der Waals surface area contributed by atoms with Gasteiger partial charge in [-0.15, -0.1) is 0 Å². The number of nitrogens with two attached hydrogens (primary N) is 1. The van der Waals surface area contributed by atoms with E-state index in [1.54, 1.807) is 0 Å². The smallest absolute Gasteiger partial charge is 0.128 e. The lowest BCUT2D eigenvalue weighted by atomic mass is 9.97. The van der Waals surface area contributed by atoms with Crippen molar-refractivity contribution in [3.05, 3.63) is 41.5 Å². The SMILES string of the molecule is CC1(C)Cc2cccc(C(CN)NC3CC=CC3)c2O1. The van der Waals surface area contributed by atoms with Gasteiger partial charge in [-0.25, -0.2) is 0 Å². The summed E-state index contributed by atoms with van der Waals surface area (Å²) in [6, 6.07) is 7.11. The van der Waals surface area contributed by atoms with E-state index in [-0.39, 0.29) is 11.6 Å². The van der Waals surface area contributed by atoms with Gasteiger partial charge in [-0.05, 0) is 32.3 Å². The number of hydrogen-bond acceptors (Lipinski definition) is 3. The zero-order chi connectivity index (χ0) is 14.2. The Labute approximate surface area is 121 Å². The zero-order valence-electron chi connectivity index (χ0n) is 12.4. The van der Waals surface area contributed by atoms with E-state index >= 15 is 0 Å². The molecule has 0 amide bonds. The molecule has 1 unspecified atom stereocenters. The minimum absolute atomic E-state index is 0.105. The fourth-order valence-corrected chi connectivity index (χ4v) is 3.24. The first-order valence-corrected chi connectivity index (χ1v) is 7.51. The van der Waals surface area contributed by atoms with Crippen molar-refractivity contribution in [2.75, 3.05) is 6.54 Å². The first kappa shape index (κ1) is 13.7. The fourth-order valence-electron chi connectivity index (χ4n) is 3.24. The van der Waals surface area contributed by atoms with E-state index in [0.717, 1.165) is 25.0 Å². The molecule has 0 fully saturated rings. The van der Waals surface area contributed by atoms with Crippen LogP contribution in [0.4, 0.5) is 0 Å². The lowest BCUT2D eigenvalue weighted by molar-refractivity contribution is 0.136. The average molecular weight is 272 g/mol. The van der Waals surface area contributed by atoms with Gasteiger partial charge in [-0.3, -0.25) is 0 Å². The molecule has 108 valence electrons. The summed E-state index contributed by atoms with van der Waals surface area (Å²) in [6.45, 7) is 4.88. The standard InChI is InChI=1S/C17H24N2O/c1-17(2)10-12-6-5-9-14(16(12)20-17)15(11-18)19-13-7-3-4-8-13/h3-6,9,13,15,19H,7-8,10-11,18H2,1-2H3. The lowest BCUT2D eigenvalue weighted by Crippen LogP contribution is -2.35. The van der Waals surface area contributed by atoms with Crippen molar-refractivity contribution >= 4 is 0 Å². The third-order valence-electron chi connectivity index (χ3n) is 4.18. The second-order valence-electron chi connectivity index (χ2n) is 6.47. The minimum atomic E-state index is -0.105. The summed E-state index contributed by atoms with van der Waals surface area (Å²) in [5.74, 6) is 1.05. The fraction of sp³-hybridized carbons (Fsp3) is 0.529. The second-order valence-corrected chi connectivity index (χ2v) is 6.47. The maximum atomic E-state index is 6.16. The quantitative estimate of drug-likeness (QED) is 0.829. The molecular formula is C17H24N2O. The molecule has 3 N–H and O–H groups in total. The average Bonchev–Trinajstić information content (AvgIpc) is 3.00. The van der Waals surface area contributed by atoms with Crippen molar-refractivity contribution in [2.24, 2.45) is 5.73 Å². The van der Waals surface area contributed by atoms with Crippen LogP contribution in [-0.4, -0.2) is 18.2 Å². The van der Waals surface area contributed by atoms with Gasteiger partial charge >= 0.3 is 0 Å². The van der Waals surface area contributed by atoms with Crippen molar-refractivity contribution in [1.82, 2.24) is 5.32 Å². The van der Waals surface area contributed by atoms with Crippen molar-refractivity contribution < 1.29 is 4.74 Å². The van der Waals surface area contributed by atoms with Gasteiger partial charge in [0.05, 0.1) is 0 Å². The van der Waals surface area contributed by atoms with Crippen molar-refractivity contribution in [3.63, 3.8) is 0 Å². The normalized spacial score (nSPS) is 21.8. The summed E-state index contributed by atoms with van der Waals surface area (Å²) < 4.78 is 6.16. The predicted molar refractivity (Wildman–Crippen MR) is 81.9 cm³/mol. The highest BCUT2D eigenvalue weighted by atomic mass is 16.5. The van der Waals surface area contributed by atoms with Crippen LogP contribution in [0.1, 0.15) is 43.9 Å². The highest BCUT2D eigenvalue weighted by molar-refractivity contribution is 5.47. The van der Waals surface area contributed by atoms with E-state index in [1.165, 1.54) is 11.1 Å². The molecule has 3 rings (SSSR count). The molecular weight excluding hydrogens is 248 g/mol. The molecule has 0 saturated heterocycles. The number of benzene rings is 1. The van der Waals surface area contributed by atoms with Crippen LogP contribution in [0.3, 0.4) is 0 Å². The van der Waals surface area contributed by atoms with Crippen LogP contribution >= 0.6 is 0 Å². The Hall–Kier alpha value is -1.32. The summed E-state index contributed by atoms with van der Waals surface area (Å²) in [6.07, 6.45) is 7.63. The van der Waals surface area contributed by atoms with E-state index in [2.05, 4.69) is 49.5 Å². The van der Waals surface area contributed by atoms with Crippen LogP contribution in [0, 0.1) is 0 Å². The summed E-state index contributed by atoms with van der Waals surface area (Å²) in [5, 5.41) is 3.67. The number of para-hydroxylation sites is 1. The maximum absolute atomic E-state index is 6.16. The van der Waals surface area contributed by atoms with Gasteiger partial charge in [0.2, 0.25) is 0 Å². The molecule has 20 heavy (non-hydrogen) atoms. The van der Waals surface area contributed by atoms with Crippen LogP contribution in [0.2, 0.25) is 0 Å². The molecule has 0 spiro atoms. The van der Waals surface area contributed by atoms with E-state index < -0.39 is 0 Å². The van der Waals surface area contributed by atoms with E-state index in [1.807, 2.05) is 0 Å². The van der Waals surface area contributed by atoms with E-state index in [0.29, 0.717) is 12.6 Å². The van der Waals surface area contributed by atoms with Crippen LogP contribution in [-0.2, 0) is 6.42 Å². The first-order chi connectivity index (χ1) is 9.59. The van der Waals surface area contributed by atoms with Gasteiger partial charge in [0.25, 0.3) is 0 Å². The number of hydrogen-bond donors (Lipinski definition) is 2. The Balaban J connectivity index is 1.84. The number of nitrogens with one attached hydrogen (secondary N) is 1. The number of fused-ring (bicyclic) bond motifs is 1. The topological polar surface area (TPSA) is 47.3 Å². The van der Waals surface area contributed by atoms with Crippen LogP contribution in [0.15, 0.2) is 30.4 Å². The largest absolute Gasteiger partial charge is 0.487 e. The molecule has 3 heteroatoms. The summed E-state index contributed by atoms with van der Waals surface area (Å²) in [4.78, 5) is 0. The highest BCUT2D eigenvalue weighted by Gasteiger charge is 2.33. The summed E-state index contributed by atoms with van der Waals surface area (Å²) in [7, 11) is 0. The van der Waals surface area contributed by atoms with Gasteiger partial charge in [0.15, 0.2) is 0 Å². The zero-order valence-corrected chi connectivity index (χ0v) is 12.4. The van der Waals surface area contributed by atoms with Gasteiger partial charge in [-0.1, -0.05) is 30.4 Å². The van der Waals surface area contributed by atoms with Crippen molar-refractivity contribution in [3.8, 4) is 5.75 Å². The molecule has 1 aromatic carbocycles. The van der Waals surface area contributed by atoms with Crippen molar-refractivity contribution in [1.29, 1.82) is 0 Å².